The highest BCUT2D eigenvalue weighted by molar-refractivity contribution is 8.03. The number of carbonyl (C=O) groups is 2. The molecule has 210 valence electrons. The van der Waals surface area contributed by atoms with Crippen LogP contribution in [-0.2, 0) is 25.5 Å². The van der Waals surface area contributed by atoms with Crippen molar-refractivity contribution < 1.29 is 23.5 Å². The fraction of sp³-hybridized carbons (Fsp3) is 0.536. The minimum Gasteiger partial charge on any atom is -0.384 e. The minimum absolute atomic E-state index is 0.0546. The summed E-state index contributed by atoms with van der Waals surface area (Å²) in [6, 6.07) is 6.86. The fourth-order valence-corrected chi connectivity index (χ4v) is 7.36. The van der Waals surface area contributed by atoms with Gasteiger partial charge in [0.25, 0.3) is 0 Å². The first kappa shape index (κ1) is 28.2. The number of nitrogens with one attached hydrogen (secondary N) is 2. The molecular formula is C28H35FN4O4S2. The number of allylic oxidation sites excluding steroid dienone is 1. The van der Waals surface area contributed by atoms with Crippen molar-refractivity contribution >= 4 is 41.2 Å². The molecule has 3 aliphatic heterocycles. The fourth-order valence-electron chi connectivity index (χ4n) is 5.69. The summed E-state index contributed by atoms with van der Waals surface area (Å²) >= 11 is 3.21. The number of hydrogen-bond acceptors (Lipinski definition) is 7. The first-order valence-corrected chi connectivity index (χ1v) is 15.5. The topological polar surface area (TPSA) is 118 Å². The van der Waals surface area contributed by atoms with Gasteiger partial charge in [0.05, 0.1) is 26.2 Å². The van der Waals surface area contributed by atoms with Crippen LogP contribution < -0.4 is 11.1 Å². The molecule has 0 bridgehead atoms. The van der Waals surface area contributed by atoms with E-state index in [0.29, 0.717) is 26.2 Å². The number of carbonyl (C=O) groups excluding carboxylic acids is 2. The first-order chi connectivity index (χ1) is 18.8. The van der Waals surface area contributed by atoms with Gasteiger partial charge in [0, 0.05) is 35.0 Å². The number of nitrogens with zero attached hydrogens (tertiary/aromatic N) is 1. The lowest BCUT2D eigenvalue weighted by molar-refractivity contribution is -0.152. The zero-order valence-corrected chi connectivity index (χ0v) is 23.6. The van der Waals surface area contributed by atoms with E-state index < -0.39 is 11.8 Å². The number of amides is 2. The molecule has 8 nitrogen and oxygen atoms in total. The van der Waals surface area contributed by atoms with Crippen molar-refractivity contribution in [1.29, 1.82) is 5.41 Å². The molecule has 4 aliphatic rings. The van der Waals surface area contributed by atoms with Gasteiger partial charge in [-0.2, -0.15) is 11.8 Å². The number of halogens is 1. The van der Waals surface area contributed by atoms with Crippen molar-refractivity contribution in [2.24, 2.45) is 5.73 Å². The molecule has 2 saturated heterocycles. The van der Waals surface area contributed by atoms with Crippen LogP contribution in [0.15, 0.2) is 47.1 Å². The van der Waals surface area contributed by atoms with E-state index in [1.54, 1.807) is 34.5 Å². The van der Waals surface area contributed by atoms with Crippen molar-refractivity contribution in [2.45, 2.75) is 60.4 Å². The highest BCUT2D eigenvalue weighted by Gasteiger charge is 2.52. The second-order valence-electron chi connectivity index (χ2n) is 10.5. The number of thioether (sulfide) groups is 2. The van der Waals surface area contributed by atoms with E-state index in [1.807, 2.05) is 35.9 Å². The third-order valence-corrected chi connectivity index (χ3v) is 10.0. The average Bonchev–Trinajstić information content (AvgIpc) is 3.68. The van der Waals surface area contributed by atoms with E-state index in [4.69, 9.17) is 20.6 Å². The lowest BCUT2D eigenvalue weighted by Crippen LogP contribution is -2.47. The molecule has 1 aromatic rings. The number of rotatable bonds is 8. The molecule has 1 aliphatic carbocycles. The van der Waals surface area contributed by atoms with Crippen LogP contribution in [0.25, 0.3) is 0 Å². The molecule has 0 aromatic heterocycles. The van der Waals surface area contributed by atoms with Gasteiger partial charge in [-0.25, -0.2) is 4.39 Å². The van der Waals surface area contributed by atoms with Crippen molar-refractivity contribution in [3.8, 4) is 0 Å². The van der Waals surface area contributed by atoms with Gasteiger partial charge in [-0.05, 0) is 48.1 Å². The second kappa shape index (κ2) is 12.0. The van der Waals surface area contributed by atoms with Gasteiger partial charge in [-0.3, -0.25) is 15.0 Å². The van der Waals surface area contributed by atoms with E-state index >= 15 is 0 Å². The number of amidine groups is 1. The summed E-state index contributed by atoms with van der Waals surface area (Å²) in [6.07, 6.45) is 6.46. The van der Waals surface area contributed by atoms with Gasteiger partial charge in [0.1, 0.15) is 17.7 Å². The van der Waals surface area contributed by atoms with E-state index in [2.05, 4.69) is 5.32 Å². The Balaban J connectivity index is 1.22. The lowest BCUT2D eigenvalue weighted by Gasteiger charge is -2.25. The number of nitrogens with two attached hydrogens (primary N) is 1. The lowest BCUT2D eigenvalue weighted by atomic mass is 9.87. The van der Waals surface area contributed by atoms with Gasteiger partial charge in [-0.15, -0.1) is 11.8 Å². The summed E-state index contributed by atoms with van der Waals surface area (Å²) in [4.78, 5) is 28.3. The maximum atomic E-state index is 14.7. The smallest absolute Gasteiger partial charge is 0.243 e. The van der Waals surface area contributed by atoms with Crippen LogP contribution >= 0.6 is 23.5 Å². The van der Waals surface area contributed by atoms with Crippen LogP contribution in [0.4, 0.5) is 4.39 Å². The average molecular weight is 575 g/mol. The number of hydrogen-bond donors (Lipinski definition) is 3. The molecule has 1 aromatic carbocycles. The summed E-state index contributed by atoms with van der Waals surface area (Å²) in [6.45, 7) is 1.47. The van der Waals surface area contributed by atoms with Gasteiger partial charge in [0.2, 0.25) is 11.8 Å². The molecule has 2 amide bonds. The van der Waals surface area contributed by atoms with E-state index in [1.165, 1.54) is 0 Å². The molecule has 4 atom stereocenters. The molecular weight excluding hydrogens is 539 g/mol. The standard InChI is InChI=1S/C28H35FN4O4S2/c1-38-20-6-7-22(23(29)12-20)18-4-2-17(3-5-18)10-25(34)33-16-28(36-8-9-37-28)13-24(33)27(35)32-14-21-11-19(15-39-21)26(30)31/h2-5,12,15,20-22,24H,6-11,13-14,16H2,1H3,(H3,30,31)(H,32,35). The Kier molecular flexibility index (Phi) is 8.70. The summed E-state index contributed by atoms with van der Waals surface area (Å²) in [7, 11) is 0. The third kappa shape index (κ3) is 6.37. The summed E-state index contributed by atoms with van der Waals surface area (Å²) in [5.74, 6) is -1.63. The zero-order chi connectivity index (χ0) is 27.6. The number of benzene rings is 1. The maximum absolute atomic E-state index is 14.7. The van der Waals surface area contributed by atoms with Crippen molar-refractivity contribution in [3.63, 3.8) is 0 Å². The first-order valence-electron chi connectivity index (χ1n) is 13.3. The Morgan fingerprint density at radius 3 is 2.64 bits per heavy atom. The van der Waals surface area contributed by atoms with Crippen molar-refractivity contribution in [2.75, 3.05) is 32.6 Å². The molecule has 0 saturated carbocycles. The molecule has 0 radical (unpaired) electrons. The summed E-state index contributed by atoms with van der Waals surface area (Å²) in [5, 5.41) is 12.8. The molecule has 4 unspecified atom stereocenters. The van der Waals surface area contributed by atoms with Crippen molar-refractivity contribution in [3.05, 3.63) is 58.3 Å². The Labute approximate surface area is 236 Å². The van der Waals surface area contributed by atoms with Crippen LogP contribution in [0.1, 0.15) is 42.7 Å². The molecule has 5 rings (SSSR count). The van der Waals surface area contributed by atoms with Gasteiger partial charge in [-0.1, -0.05) is 24.3 Å². The van der Waals surface area contributed by atoms with Crippen LogP contribution in [0.2, 0.25) is 0 Å². The van der Waals surface area contributed by atoms with Crippen LogP contribution in [0.3, 0.4) is 0 Å². The summed E-state index contributed by atoms with van der Waals surface area (Å²) in [5.41, 5.74) is 8.08. The Morgan fingerprint density at radius 1 is 1.26 bits per heavy atom. The summed E-state index contributed by atoms with van der Waals surface area (Å²) < 4.78 is 26.4. The van der Waals surface area contributed by atoms with Crippen LogP contribution in [0.5, 0.6) is 0 Å². The monoisotopic (exact) mass is 574 g/mol. The zero-order valence-electron chi connectivity index (χ0n) is 22.0. The number of likely N-dealkylation sites (tertiary alicyclic amines) is 1. The molecule has 2 fully saturated rings. The molecule has 39 heavy (non-hydrogen) atoms. The SMILES string of the molecule is CSC1C=C(F)C(c2ccc(CC(=O)N3CC4(CC3C(=O)NCC3CC(C(=N)N)=CS3)OCCO4)cc2)CC1. The molecule has 4 N–H and O–H groups in total. The largest absolute Gasteiger partial charge is 0.384 e. The maximum Gasteiger partial charge on any atom is 0.243 e. The Bertz CT molecular complexity index is 1170. The predicted molar refractivity (Wildman–Crippen MR) is 152 cm³/mol. The highest BCUT2D eigenvalue weighted by Crippen LogP contribution is 2.38. The molecule has 1 spiro atoms. The van der Waals surface area contributed by atoms with E-state index in [9.17, 15) is 14.0 Å². The second-order valence-corrected chi connectivity index (χ2v) is 12.7. The Hall–Kier alpha value is -2.34. The van der Waals surface area contributed by atoms with Crippen molar-refractivity contribution in [1.82, 2.24) is 10.2 Å². The number of ether oxygens (including phenoxy) is 2. The Morgan fingerprint density at radius 2 is 2.00 bits per heavy atom. The van der Waals surface area contributed by atoms with Gasteiger partial charge >= 0.3 is 0 Å². The predicted octanol–water partition coefficient (Wildman–Crippen LogP) is 3.48. The van der Waals surface area contributed by atoms with E-state index in [0.717, 1.165) is 29.5 Å². The third-order valence-electron chi connectivity index (χ3n) is 7.89. The molecule has 11 heteroatoms. The van der Waals surface area contributed by atoms with Gasteiger partial charge < -0.3 is 25.4 Å². The normalized spacial score (nSPS) is 27.9. The van der Waals surface area contributed by atoms with Crippen LogP contribution in [0, 0.1) is 5.41 Å². The highest BCUT2D eigenvalue weighted by atomic mass is 32.2. The quantitative estimate of drug-likeness (QED) is 0.321. The van der Waals surface area contributed by atoms with E-state index in [-0.39, 0.29) is 59.3 Å². The minimum atomic E-state index is -0.952. The van der Waals surface area contributed by atoms with Gasteiger partial charge in [0.15, 0.2) is 5.79 Å². The molecule has 3 heterocycles. The van der Waals surface area contributed by atoms with Crippen LogP contribution in [-0.4, -0.2) is 77.4 Å².